The van der Waals surface area contributed by atoms with Crippen LogP contribution >= 0.6 is 0 Å². The molecule has 1 aromatic rings. The monoisotopic (exact) mass is 336 g/mol. The summed E-state index contributed by atoms with van der Waals surface area (Å²) in [7, 11) is 0. The van der Waals surface area contributed by atoms with Gasteiger partial charge < -0.3 is 20.9 Å². The summed E-state index contributed by atoms with van der Waals surface area (Å²) < 4.78 is 5.17. The second kappa shape index (κ2) is 10.4. The molecule has 0 spiro atoms. The predicted octanol–water partition coefficient (Wildman–Crippen LogP) is 0.859. The number of hydrogen-bond acceptors (Lipinski definition) is 5. The van der Waals surface area contributed by atoms with Crippen LogP contribution in [0.25, 0.3) is 0 Å². The molecular formula is C17H24N2O5. The van der Waals surface area contributed by atoms with Crippen molar-refractivity contribution in [2.75, 3.05) is 6.61 Å². The van der Waals surface area contributed by atoms with E-state index in [-0.39, 0.29) is 13.0 Å². The summed E-state index contributed by atoms with van der Waals surface area (Å²) in [4.78, 5) is 34.9. The molecule has 0 heterocycles. The number of carbonyl (C=O) groups excluding carboxylic acids is 2. The number of rotatable bonds is 10. The van der Waals surface area contributed by atoms with Crippen LogP contribution in [-0.2, 0) is 25.5 Å². The Morgan fingerprint density at radius 2 is 1.92 bits per heavy atom. The first kappa shape index (κ1) is 19.6. The number of carboxylic acid groups (broad SMARTS) is 1. The molecule has 0 unspecified atom stereocenters. The highest BCUT2D eigenvalue weighted by Gasteiger charge is 2.26. The number of aliphatic carboxylic acids is 1. The largest absolute Gasteiger partial charge is 0.481 e. The van der Waals surface area contributed by atoms with Gasteiger partial charge in [-0.05, 0) is 12.0 Å². The van der Waals surface area contributed by atoms with Crippen molar-refractivity contribution in [3.05, 3.63) is 35.9 Å². The van der Waals surface area contributed by atoms with Crippen molar-refractivity contribution in [1.29, 1.82) is 0 Å². The molecule has 0 aliphatic carbocycles. The molecule has 7 heteroatoms. The zero-order chi connectivity index (χ0) is 17.9. The maximum absolute atomic E-state index is 12.2. The molecule has 0 aliphatic heterocycles. The molecule has 7 nitrogen and oxygen atoms in total. The zero-order valence-corrected chi connectivity index (χ0v) is 13.7. The third-order valence-electron chi connectivity index (χ3n) is 3.36. The van der Waals surface area contributed by atoms with E-state index in [1.807, 2.05) is 37.3 Å². The smallest absolute Gasteiger partial charge is 0.328 e. The average molecular weight is 336 g/mol. The molecule has 132 valence electrons. The Hall–Kier alpha value is -2.41. The van der Waals surface area contributed by atoms with Gasteiger partial charge in [0.25, 0.3) is 0 Å². The van der Waals surface area contributed by atoms with Gasteiger partial charge in [0, 0.05) is 6.42 Å². The number of hydrogen-bond donors (Lipinski definition) is 3. The number of unbranched alkanes of at least 4 members (excludes halogenated alkanes) is 1. The number of nitrogens with two attached hydrogens (primary N) is 1. The van der Waals surface area contributed by atoms with Crippen molar-refractivity contribution >= 4 is 17.8 Å². The molecule has 0 fully saturated rings. The fraction of sp³-hybridized carbons (Fsp3) is 0.471. The number of esters is 1. The van der Waals surface area contributed by atoms with Crippen molar-refractivity contribution in [3.63, 3.8) is 0 Å². The van der Waals surface area contributed by atoms with E-state index in [2.05, 4.69) is 5.32 Å². The molecule has 0 aromatic heterocycles. The van der Waals surface area contributed by atoms with Gasteiger partial charge in [-0.25, -0.2) is 4.79 Å². The van der Waals surface area contributed by atoms with Crippen molar-refractivity contribution in [3.8, 4) is 0 Å². The molecule has 1 rings (SSSR count). The van der Waals surface area contributed by atoms with Gasteiger partial charge in [0.15, 0.2) is 0 Å². The van der Waals surface area contributed by atoms with Gasteiger partial charge in [-0.15, -0.1) is 0 Å². The maximum Gasteiger partial charge on any atom is 0.328 e. The third kappa shape index (κ3) is 7.23. The highest BCUT2D eigenvalue weighted by Crippen LogP contribution is 2.06. The van der Waals surface area contributed by atoms with Crippen molar-refractivity contribution in [1.82, 2.24) is 5.32 Å². The lowest BCUT2D eigenvalue weighted by Crippen LogP contribution is -2.50. The Kier molecular flexibility index (Phi) is 8.49. The van der Waals surface area contributed by atoms with Gasteiger partial charge >= 0.3 is 11.9 Å². The van der Waals surface area contributed by atoms with E-state index < -0.39 is 36.4 Å². The highest BCUT2D eigenvalue weighted by atomic mass is 16.5. The molecule has 1 aromatic carbocycles. The van der Waals surface area contributed by atoms with E-state index in [9.17, 15) is 14.4 Å². The van der Waals surface area contributed by atoms with E-state index in [0.717, 1.165) is 18.4 Å². The topological polar surface area (TPSA) is 119 Å². The quantitative estimate of drug-likeness (QED) is 0.431. The first-order chi connectivity index (χ1) is 11.4. The van der Waals surface area contributed by atoms with Gasteiger partial charge in [0.1, 0.15) is 6.04 Å². The SMILES string of the molecule is CCCCOC(=O)[C@H](Cc1ccccc1)NC(=O)[C@@H](N)CC(=O)O. The maximum atomic E-state index is 12.2. The van der Waals surface area contributed by atoms with Crippen molar-refractivity contribution < 1.29 is 24.2 Å². The summed E-state index contributed by atoms with van der Waals surface area (Å²) in [5.41, 5.74) is 6.39. The van der Waals surface area contributed by atoms with E-state index in [1.54, 1.807) is 0 Å². The van der Waals surface area contributed by atoms with E-state index in [0.29, 0.717) is 0 Å². The van der Waals surface area contributed by atoms with Crippen LogP contribution in [0.5, 0.6) is 0 Å². The summed E-state index contributed by atoms with van der Waals surface area (Å²) in [5.74, 6) is -2.42. The molecule has 0 radical (unpaired) electrons. The lowest BCUT2D eigenvalue weighted by Gasteiger charge is -2.19. The minimum Gasteiger partial charge on any atom is -0.481 e. The molecule has 1 amide bonds. The Morgan fingerprint density at radius 3 is 2.50 bits per heavy atom. The molecular weight excluding hydrogens is 312 g/mol. The first-order valence-corrected chi connectivity index (χ1v) is 7.92. The minimum atomic E-state index is -1.22. The fourth-order valence-corrected chi connectivity index (χ4v) is 2.02. The number of amides is 1. The number of carboxylic acids is 1. The molecule has 24 heavy (non-hydrogen) atoms. The molecule has 0 saturated carbocycles. The van der Waals surface area contributed by atoms with Crippen LogP contribution in [-0.4, -0.2) is 41.6 Å². The average Bonchev–Trinajstić information content (AvgIpc) is 2.54. The van der Waals surface area contributed by atoms with Crippen molar-refractivity contribution in [2.45, 2.75) is 44.7 Å². The van der Waals surface area contributed by atoms with Crippen LogP contribution in [0.1, 0.15) is 31.7 Å². The number of nitrogens with one attached hydrogen (secondary N) is 1. The molecule has 0 saturated heterocycles. The summed E-state index contributed by atoms with van der Waals surface area (Å²) in [5, 5.41) is 11.2. The zero-order valence-electron chi connectivity index (χ0n) is 13.7. The summed E-state index contributed by atoms with van der Waals surface area (Å²) in [6.07, 6.45) is 1.36. The molecule has 4 N–H and O–H groups in total. The summed E-state index contributed by atoms with van der Waals surface area (Å²) >= 11 is 0. The third-order valence-corrected chi connectivity index (χ3v) is 3.36. The van der Waals surface area contributed by atoms with Crippen LogP contribution in [0, 0.1) is 0 Å². The minimum absolute atomic E-state index is 0.247. The van der Waals surface area contributed by atoms with Gasteiger partial charge in [-0.3, -0.25) is 9.59 Å². The number of benzene rings is 1. The molecule has 2 atom stereocenters. The Balaban J connectivity index is 2.74. The van der Waals surface area contributed by atoms with Gasteiger partial charge in [0.05, 0.1) is 19.1 Å². The van der Waals surface area contributed by atoms with E-state index >= 15 is 0 Å². The van der Waals surface area contributed by atoms with E-state index in [4.69, 9.17) is 15.6 Å². The Morgan fingerprint density at radius 1 is 1.25 bits per heavy atom. The standard InChI is InChI=1S/C17H24N2O5/c1-2-3-9-24-17(23)14(10-12-7-5-4-6-8-12)19-16(22)13(18)11-15(20)21/h4-8,13-14H,2-3,9-11,18H2,1H3,(H,19,22)(H,20,21)/t13-,14-/m0/s1. The highest BCUT2D eigenvalue weighted by molar-refractivity contribution is 5.89. The first-order valence-electron chi connectivity index (χ1n) is 7.92. The van der Waals surface area contributed by atoms with Crippen molar-refractivity contribution in [2.24, 2.45) is 5.73 Å². The molecule has 0 bridgehead atoms. The van der Waals surface area contributed by atoms with Crippen LogP contribution in [0.15, 0.2) is 30.3 Å². The molecule has 0 aliphatic rings. The summed E-state index contributed by atoms with van der Waals surface area (Å²) in [6, 6.07) is 7.03. The number of carbonyl (C=O) groups is 3. The normalized spacial score (nSPS) is 12.9. The van der Waals surface area contributed by atoms with Gasteiger partial charge in [0.2, 0.25) is 5.91 Å². The van der Waals surface area contributed by atoms with Crippen LogP contribution in [0.2, 0.25) is 0 Å². The van der Waals surface area contributed by atoms with Crippen LogP contribution in [0.4, 0.5) is 0 Å². The van der Waals surface area contributed by atoms with Gasteiger partial charge in [-0.2, -0.15) is 0 Å². The van der Waals surface area contributed by atoms with Gasteiger partial charge in [-0.1, -0.05) is 43.7 Å². The lowest BCUT2D eigenvalue weighted by atomic mass is 10.1. The second-order valence-electron chi connectivity index (χ2n) is 5.48. The lowest BCUT2D eigenvalue weighted by molar-refractivity contribution is -0.148. The van der Waals surface area contributed by atoms with E-state index in [1.165, 1.54) is 0 Å². The second-order valence-corrected chi connectivity index (χ2v) is 5.48. The fourth-order valence-electron chi connectivity index (χ4n) is 2.02. The Labute approximate surface area is 141 Å². The summed E-state index contributed by atoms with van der Waals surface area (Å²) in [6.45, 7) is 2.25. The Bertz CT molecular complexity index is 547. The van der Waals surface area contributed by atoms with Crippen LogP contribution in [0.3, 0.4) is 0 Å². The van der Waals surface area contributed by atoms with Crippen LogP contribution < -0.4 is 11.1 Å². The predicted molar refractivity (Wildman–Crippen MR) is 88.2 cm³/mol. The number of ether oxygens (including phenoxy) is 1.